The van der Waals surface area contributed by atoms with Gasteiger partial charge in [0.25, 0.3) is 5.56 Å². The smallest absolute Gasteiger partial charge is 0.255 e. The highest BCUT2D eigenvalue weighted by Gasteiger charge is 2.22. The van der Waals surface area contributed by atoms with Crippen LogP contribution in [0.2, 0.25) is 0 Å². The Labute approximate surface area is 151 Å². The zero-order chi connectivity index (χ0) is 17.9. The summed E-state index contributed by atoms with van der Waals surface area (Å²) >= 11 is 0. The molecule has 0 unspecified atom stereocenters. The minimum Gasteiger partial charge on any atom is -0.310 e. The Bertz CT molecular complexity index is 946. The van der Waals surface area contributed by atoms with Crippen LogP contribution in [0.3, 0.4) is 0 Å². The summed E-state index contributed by atoms with van der Waals surface area (Å²) in [5.41, 5.74) is 3.60. The zero-order valence-electron chi connectivity index (χ0n) is 14.9. The molecule has 4 rings (SSSR count). The van der Waals surface area contributed by atoms with Crippen LogP contribution in [-0.4, -0.2) is 36.4 Å². The minimum absolute atomic E-state index is 0.00362. The maximum absolute atomic E-state index is 12.4. The van der Waals surface area contributed by atoms with Crippen molar-refractivity contribution in [1.29, 1.82) is 0 Å². The maximum atomic E-state index is 12.4. The lowest BCUT2D eigenvalue weighted by Gasteiger charge is -2.26. The fourth-order valence-corrected chi connectivity index (χ4v) is 3.33. The summed E-state index contributed by atoms with van der Waals surface area (Å²) in [6.45, 7) is 4.22. The number of benzene rings is 1. The third kappa shape index (κ3) is 3.43. The van der Waals surface area contributed by atoms with Gasteiger partial charge in [-0.3, -0.25) is 9.69 Å². The molecule has 0 bridgehead atoms. The number of nitrogens with one attached hydrogen (secondary N) is 1. The molecule has 1 aliphatic heterocycles. The molecule has 7 nitrogen and oxygen atoms in total. The van der Waals surface area contributed by atoms with E-state index >= 15 is 0 Å². The quantitative estimate of drug-likeness (QED) is 0.760. The molecule has 0 spiro atoms. The minimum atomic E-state index is -0.00362. The van der Waals surface area contributed by atoms with Crippen molar-refractivity contribution < 1.29 is 0 Å². The molecule has 1 aromatic carbocycles. The first-order chi connectivity index (χ1) is 12.7. The van der Waals surface area contributed by atoms with Gasteiger partial charge in [-0.1, -0.05) is 30.3 Å². The lowest BCUT2D eigenvalue weighted by molar-refractivity contribution is 0.238. The number of fused-ring (bicyclic) bond motifs is 1. The van der Waals surface area contributed by atoms with Gasteiger partial charge in [0.05, 0.1) is 28.8 Å². The van der Waals surface area contributed by atoms with E-state index in [-0.39, 0.29) is 5.56 Å². The molecular formula is C19H22N6O. The first-order valence-electron chi connectivity index (χ1n) is 9.03. The van der Waals surface area contributed by atoms with E-state index in [2.05, 4.69) is 32.1 Å². The summed E-state index contributed by atoms with van der Waals surface area (Å²) in [4.78, 5) is 22.2. The second kappa shape index (κ2) is 7.21. The number of aromatic amines is 1. The average molecular weight is 350 g/mol. The molecule has 134 valence electrons. The van der Waals surface area contributed by atoms with Crippen LogP contribution in [0.4, 0.5) is 0 Å². The Balaban J connectivity index is 1.48. The summed E-state index contributed by atoms with van der Waals surface area (Å²) in [6.07, 6.45) is 4.53. The summed E-state index contributed by atoms with van der Waals surface area (Å²) in [7, 11) is 0. The van der Waals surface area contributed by atoms with E-state index in [0.717, 1.165) is 54.3 Å². The zero-order valence-corrected chi connectivity index (χ0v) is 14.9. The van der Waals surface area contributed by atoms with E-state index in [9.17, 15) is 4.79 Å². The molecule has 3 heterocycles. The topological polar surface area (TPSA) is 79.7 Å². The van der Waals surface area contributed by atoms with E-state index in [1.807, 2.05) is 36.5 Å². The van der Waals surface area contributed by atoms with Crippen molar-refractivity contribution in [2.24, 2.45) is 0 Å². The Kier molecular flexibility index (Phi) is 4.62. The summed E-state index contributed by atoms with van der Waals surface area (Å²) in [5.74, 6) is 0.801. The second-order valence-electron chi connectivity index (χ2n) is 6.64. The van der Waals surface area contributed by atoms with Gasteiger partial charge in [0.2, 0.25) is 0 Å². The van der Waals surface area contributed by atoms with Gasteiger partial charge in [0.1, 0.15) is 5.82 Å². The molecule has 0 aliphatic carbocycles. The number of hydrogen-bond donors (Lipinski definition) is 1. The molecule has 1 aliphatic rings. The second-order valence-corrected chi connectivity index (χ2v) is 6.64. The van der Waals surface area contributed by atoms with Crippen molar-refractivity contribution in [1.82, 2.24) is 29.9 Å². The molecule has 1 N–H and O–H groups in total. The fourth-order valence-electron chi connectivity index (χ4n) is 3.33. The third-order valence-electron chi connectivity index (χ3n) is 4.63. The molecular weight excluding hydrogens is 328 g/mol. The van der Waals surface area contributed by atoms with E-state index in [1.54, 1.807) is 4.68 Å². The van der Waals surface area contributed by atoms with Crippen molar-refractivity contribution in [3.8, 4) is 5.69 Å². The molecule has 7 heteroatoms. The van der Waals surface area contributed by atoms with Gasteiger partial charge in [0, 0.05) is 32.5 Å². The van der Waals surface area contributed by atoms with Gasteiger partial charge in [-0.15, -0.1) is 5.10 Å². The number of para-hydroxylation sites is 1. The highest BCUT2D eigenvalue weighted by Crippen LogP contribution is 2.16. The number of rotatable bonds is 5. The van der Waals surface area contributed by atoms with Crippen LogP contribution in [0, 0.1) is 0 Å². The SMILES string of the molecule is CCCc1nc2c(c(=O)[nH]1)CN(Cc1cn(-c3ccccc3)nn1)CC2. The lowest BCUT2D eigenvalue weighted by atomic mass is 10.1. The molecule has 2 aromatic heterocycles. The lowest BCUT2D eigenvalue weighted by Crippen LogP contribution is -2.35. The molecule has 26 heavy (non-hydrogen) atoms. The normalized spacial score (nSPS) is 14.3. The van der Waals surface area contributed by atoms with Gasteiger partial charge in [-0.25, -0.2) is 9.67 Å². The molecule has 0 amide bonds. The van der Waals surface area contributed by atoms with Crippen LogP contribution in [0.25, 0.3) is 5.69 Å². The van der Waals surface area contributed by atoms with Crippen molar-refractivity contribution in [3.05, 3.63) is 69.7 Å². The van der Waals surface area contributed by atoms with Crippen LogP contribution in [0.15, 0.2) is 41.3 Å². The largest absolute Gasteiger partial charge is 0.310 e. The predicted molar refractivity (Wildman–Crippen MR) is 98.0 cm³/mol. The standard InChI is InChI=1S/C19H22N6O/c1-2-6-18-20-17-9-10-24(13-16(17)19(26)21-18)11-14-12-25(23-22-14)15-7-4-3-5-8-15/h3-5,7-8,12H,2,6,9-11,13H2,1H3,(H,20,21,26). The molecule has 0 saturated heterocycles. The van der Waals surface area contributed by atoms with Crippen molar-refractivity contribution >= 4 is 0 Å². The average Bonchev–Trinajstić information content (AvgIpc) is 3.12. The molecule has 3 aromatic rings. The van der Waals surface area contributed by atoms with E-state index < -0.39 is 0 Å². The van der Waals surface area contributed by atoms with Gasteiger partial charge < -0.3 is 4.98 Å². The number of H-pyrrole nitrogens is 1. The van der Waals surface area contributed by atoms with Gasteiger partial charge in [-0.2, -0.15) is 0 Å². The Morgan fingerprint density at radius 2 is 2.08 bits per heavy atom. The summed E-state index contributed by atoms with van der Waals surface area (Å²) < 4.78 is 1.78. The number of nitrogens with zero attached hydrogens (tertiary/aromatic N) is 5. The summed E-state index contributed by atoms with van der Waals surface area (Å²) in [5, 5.41) is 8.48. The molecule has 0 saturated carbocycles. The Morgan fingerprint density at radius 1 is 1.23 bits per heavy atom. The van der Waals surface area contributed by atoms with Crippen molar-refractivity contribution in [3.63, 3.8) is 0 Å². The fraction of sp³-hybridized carbons (Fsp3) is 0.368. The first kappa shape index (κ1) is 16.7. The van der Waals surface area contributed by atoms with Gasteiger partial charge in [-0.05, 0) is 18.6 Å². The van der Waals surface area contributed by atoms with Crippen molar-refractivity contribution in [2.75, 3.05) is 6.54 Å². The van der Waals surface area contributed by atoms with E-state index in [0.29, 0.717) is 13.1 Å². The molecule has 0 atom stereocenters. The molecule has 0 fully saturated rings. The monoisotopic (exact) mass is 350 g/mol. The van der Waals surface area contributed by atoms with Crippen molar-refractivity contribution in [2.45, 2.75) is 39.3 Å². The number of aromatic nitrogens is 5. The highest BCUT2D eigenvalue weighted by atomic mass is 16.1. The predicted octanol–water partition coefficient (Wildman–Crippen LogP) is 1.86. The number of aryl methyl sites for hydroxylation is 1. The van der Waals surface area contributed by atoms with E-state index in [1.165, 1.54) is 0 Å². The molecule has 0 radical (unpaired) electrons. The van der Waals surface area contributed by atoms with Gasteiger partial charge in [0.15, 0.2) is 0 Å². The van der Waals surface area contributed by atoms with Gasteiger partial charge >= 0.3 is 0 Å². The first-order valence-corrected chi connectivity index (χ1v) is 9.03. The Morgan fingerprint density at radius 3 is 2.88 bits per heavy atom. The van der Waals surface area contributed by atoms with Crippen LogP contribution >= 0.6 is 0 Å². The van der Waals surface area contributed by atoms with Crippen LogP contribution in [-0.2, 0) is 25.9 Å². The van der Waals surface area contributed by atoms with Crippen LogP contribution in [0.1, 0.15) is 36.1 Å². The highest BCUT2D eigenvalue weighted by molar-refractivity contribution is 5.30. The maximum Gasteiger partial charge on any atom is 0.255 e. The summed E-state index contributed by atoms with van der Waals surface area (Å²) in [6, 6.07) is 9.92. The van der Waals surface area contributed by atoms with E-state index in [4.69, 9.17) is 0 Å². The Hall–Kier alpha value is -2.80. The number of hydrogen-bond acceptors (Lipinski definition) is 5. The van der Waals surface area contributed by atoms with Crippen LogP contribution in [0.5, 0.6) is 0 Å². The third-order valence-corrected chi connectivity index (χ3v) is 4.63. The van der Waals surface area contributed by atoms with Crippen LogP contribution < -0.4 is 5.56 Å².